The predicted molar refractivity (Wildman–Crippen MR) is 105 cm³/mol. The van der Waals surface area contributed by atoms with E-state index in [-0.39, 0.29) is 11.7 Å². The van der Waals surface area contributed by atoms with Crippen molar-refractivity contribution in [3.8, 4) is 5.75 Å². The van der Waals surface area contributed by atoms with Gasteiger partial charge in [0, 0.05) is 29.6 Å². The average molecular weight is 351 g/mol. The van der Waals surface area contributed by atoms with Gasteiger partial charge in [0.15, 0.2) is 0 Å². The van der Waals surface area contributed by atoms with Crippen molar-refractivity contribution in [2.45, 2.75) is 33.4 Å². The summed E-state index contributed by atoms with van der Waals surface area (Å²) in [5.41, 5.74) is 4.61. The Bertz CT molecular complexity index is 990. The predicted octanol–water partition coefficient (Wildman–Crippen LogP) is 4.61. The van der Waals surface area contributed by atoms with Gasteiger partial charge in [0.1, 0.15) is 11.3 Å². The molecule has 1 atom stereocenters. The summed E-state index contributed by atoms with van der Waals surface area (Å²) in [6, 6.07) is 13.9. The van der Waals surface area contributed by atoms with Crippen LogP contribution in [-0.4, -0.2) is 19.1 Å². The van der Waals surface area contributed by atoms with Gasteiger partial charge in [-0.05, 0) is 50.6 Å². The highest BCUT2D eigenvalue weighted by atomic mass is 16.5. The molecule has 0 spiro atoms. The number of methoxy groups -OCH3 is 1. The second kappa shape index (κ2) is 7.34. The first-order chi connectivity index (χ1) is 12.4. The molecule has 0 N–H and O–H groups in total. The van der Waals surface area contributed by atoms with E-state index < -0.39 is 0 Å². The third kappa shape index (κ3) is 3.37. The lowest BCUT2D eigenvalue weighted by Crippen LogP contribution is -2.23. The van der Waals surface area contributed by atoms with Crippen molar-refractivity contribution in [1.82, 2.24) is 4.90 Å². The van der Waals surface area contributed by atoms with Crippen LogP contribution >= 0.6 is 0 Å². The van der Waals surface area contributed by atoms with Gasteiger partial charge >= 0.3 is 5.63 Å². The van der Waals surface area contributed by atoms with Crippen molar-refractivity contribution in [1.29, 1.82) is 0 Å². The number of ether oxygens (including phenoxy) is 1. The van der Waals surface area contributed by atoms with Crippen molar-refractivity contribution in [2.75, 3.05) is 14.2 Å². The van der Waals surface area contributed by atoms with Gasteiger partial charge in [-0.1, -0.05) is 30.3 Å². The minimum absolute atomic E-state index is 0.139. The van der Waals surface area contributed by atoms with Crippen molar-refractivity contribution >= 4 is 11.0 Å². The summed E-state index contributed by atoms with van der Waals surface area (Å²) in [6.07, 6.45) is 0. The maximum Gasteiger partial charge on any atom is 0.336 e. The van der Waals surface area contributed by atoms with Crippen LogP contribution in [0.4, 0.5) is 0 Å². The second-order valence-corrected chi connectivity index (χ2v) is 6.81. The van der Waals surface area contributed by atoms with Crippen LogP contribution < -0.4 is 10.4 Å². The van der Waals surface area contributed by atoms with Gasteiger partial charge < -0.3 is 9.15 Å². The fraction of sp³-hybridized carbons (Fsp3) is 0.318. The van der Waals surface area contributed by atoms with E-state index >= 15 is 0 Å². The highest BCUT2D eigenvalue weighted by molar-refractivity contribution is 5.83. The van der Waals surface area contributed by atoms with E-state index in [0.29, 0.717) is 12.1 Å². The van der Waals surface area contributed by atoms with Crippen LogP contribution in [0.25, 0.3) is 11.0 Å². The Kier molecular flexibility index (Phi) is 5.14. The van der Waals surface area contributed by atoms with E-state index in [1.165, 1.54) is 0 Å². The molecule has 1 aromatic heterocycles. The molecule has 0 aliphatic heterocycles. The summed E-state index contributed by atoms with van der Waals surface area (Å²) in [5.74, 6) is 0.871. The number of fused-ring (bicyclic) bond motifs is 1. The molecule has 0 saturated carbocycles. The molecule has 0 aliphatic carbocycles. The van der Waals surface area contributed by atoms with E-state index in [1.807, 2.05) is 38.1 Å². The molecule has 0 aliphatic rings. The normalized spacial score (nSPS) is 12.5. The largest absolute Gasteiger partial charge is 0.496 e. The van der Waals surface area contributed by atoms with Crippen molar-refractivity contribution in [3.63, 3.8) is 0 Å². The number of aryl methyl sites for hydroxylation is 2. The van der Waals surface area contributed by atoms with Gasteiger partial charge in [0.05, 0.1) is 7.11 Å². The maximum atomic E-state index is 12.1. The van der Waals surface area contributed by atoms with Gasteiger partial charge in [-0.25, -0.2) is 4.79 Å². The Labute approximate surface area is 154 Å². The lowest BCUT2D eigenvalue weighted by molar-refractivity contribution is 0.247. The molecule has 3 rings (SSSR count). The van der Waals surface area contributed by atoms with Crippen molar-refractivity contribution in [2.24, 2.45) is 0 Å². The minimum Gasteiger partial charge on any atom is -0.496 e. The van der Waals surface area contributed by atoms with Gasteiger partial charge in [0.25, 0.3) is 0 Å². The zero-order valence-electron chi connectivity index (χ0n) is 16.0. The Hall–Kier alpha value is -2.59. The molecule has 0 amide bonds. The molecule has 4 nitrogen and oxygen atoms in total. The fourth-order valence-electron chi connectivity index (χ4n) is 3.31. The lowest BCUT2D eigenvalue weighted by Gasteiger charge is -2.26. The van der Waals surface area contributed by atoms with Crippen LogP contribution in [0.15, 0.2) is 51.7 Å². The fourth-order valence-corrected chi connectivity index (χ4v) is 3.31. The van der Waals surface area contributed by atoms with Gasteiger partial charge in [0.2, 0.25) is 0 Å². The van der Waals surface area contributed by atoms with Crippen LogP contribution in [0.1, 0.15) is 35.2 Å². The summed E-state index contributed by atoms with van der Waals surface area (Å²) in [6.45, 7) is 6.80. The number of benzene rings is 2. The van der Waals surface area contributed by atoms with E-state index in [2.05, 4.69) is 31.0 Å². The Morgan fingerprint density at radius 1 is 1.15 bits per heavy atom. The van der Waals surface area contributed by atoms with E-state index in [9.17, 15) is 4.79 Å². The molecule has 26 heavy (non-hydrogen) atoms. The van der Waals surface area contributed by atoms with E-state index in [0.717, 1.165) is 33.4 Å². The zero-order chi connectivity index (χ0) is 18.8. The molecule has 4 heteroatoms. The molecule has 0 saturated heterocycles. The van der Waals surface area contributed by atoms with Crippen LogP contribution in [0.2, 0.25) is 0 Å². The average Bonchev–Trinajstić information content (AvgIpc) is 2.64. The first kappa shape index (κ1) is 18.2. The van der Waals surface area contributed by atoms with Gasteiger partial charge in [-0.3, -0.25) is 4.90 Å². The second-order valence-electron chi connectivity index (χ2n) is 6.81. The quantitative estimate of drug-likeness (QED) is 0.630. The highest BCUT2D eigenvalue weighted by Gasteiger charge is 2.18. The lowest BCUT2D eigenvalue weighted by atomic mass is 10.0. The summed E-state index contributed by atoms with van der Waals surface area (Å²) < 4.78 is 11.0. The van der Waals surface area contributed by atoms with Gasteiger partial charge in [-0.15, -0.1) is 0 Å². The van der Waals surface area contributed by atoms with Gasteiger partial charge in [-0.2, -0.15) is 0 Å². The topological polar surface area (TPSA) is 42.7 Å². The third-order valence-electron chi connectivity index (χ3n) is 5.19. The van der Waals surface area contributed by atoms with Crippen LogP contribution in [0.5, 0.6) is 5.75 Å². The van der Waals surface area contributed by atoms with E-state index in [1.54, 1.807) is 13.2 Å². The maximum absolute atomic E-state index is 12.1. The Morgan fingerprint density at radius 2 is 1.88 bits per heavy atom. The van der Waals surface area contributed by atoms with Crippen LogP contribution in [-0.2, 0) is 6.54 Å². The first-order valence-electron chi connectivity index (χ1n) is 8.78. The smallest absolute Gasteiger partial charge is 0.336 e. The molecule has 0 fully saturated rings. The van der Waals surface area contributed by atoms with Crippen LogP contribution in [0, 0.1) is 13.8 Å². The Balaban J connectivity index is 1.98. The van der Waals surface area contributed by atoms with Crippen molar-refractivity contribution < 1.29 is 9.15 Å². The summed E-state index contributed by atoms with van der Waals surface area (Å²) in [4.78, 5) is 14.3. The summed E-state index contributed by atoms with van der Waals surface area (Å²) in [7, 11) is 3.74. The molecule has 3 aromatic rings. The molecule has 0 bridgehead atoms. The summed E-state index contributed by atoms with van der Waals surface area (Å²) in [5, 5.41) is 0.992. The molecule has 0 radical (unpaired) electrons. The standard InChI is InChI=1S/C22H25NO3/c1-14-10-11-19-17(12-21(24)26-22(19)15(14)2)13-23(4)16(3)18-8-6-7-9-20(18)25-5/h6-12,16H,13H2,1-5H3. The molecular formula is C22H25NO3. The number of para-hydroxylation sites is 1. The molecule has 2 aromatic carbocycles. The summed E-state index contributed by atoms with van der Waals surface area (Å²) >= 11 is 0. The Morgan fingerprint density at radius 3 is 2.62 bits per heavy atom. The first-order valence-corrected chi connectivity index (χ1v) is 8.78. The molecule has 1 unspecified atom stereocenters. The van der Waals surface area contributed by atoms with Crippen molar-refractivity contribution in [3.05, 3.63) is 75.1 Å². The molecule has 1 heterocycles. The van der Waals surface area contributed by atoms with E-state index in [4.69, 9.17) is 9.15 Å². The zero-order valence-corrected chi connectivity index (χ0v) is 16.0. The SMILES string of the molecule is COc1ccccc1C(C)N(C)Cc1cc(=O)oc2c(C)c(C)ccc12. The number of hydrogen-bond donors (Lipinski definition) is 0. The van der Waals surface area contributed by atoms with Crippen LogP contribution in [0.3, 0.4) is 0 Å². The number of nitrogens with zero attached hydrogens (tertiary/aromatic N) is 1. The highest BCUT2D eigenvalue weighted by Crippen LogP contribution is 2.30. The number of hydrogen-bond acceptors (Lipinski definition) is 4. The third-order valence-corrected chi connectivity index (χ3v) is 5.19. The number of rotatable bonds is 5. The monoisotopic (exact) mass is 351 g/mol. The minimum atomic E-state index is -0.306. The molecule has 136 valence electrons. The molecular weight excluding hydrogens is 326 g/mol.